The largest absolute Gasteiger partial charge is 0.338 e. The summed E-state index contributed by atoms with van der Waals surface area (Å²) in [4.78, 5) is 28.1. The van der Waals surface area contributed by atoms with Crippen LogP contribution >= 0.6 is 0 Å². The molecule has 1 amide bonds. The lowest BCUT2D eigenvalue weighted by Gasteiger charge is -2.20. The van der Waals surface area contributed by atoms with Crippen LogP contribution in [0.4, 0.5) is 0 Å². The number of nitrogens with zero attached hydrogens (tertiary/aromatic N) is 3. The van der Waals surface area contributed by atoms with Crippen LogP contribution in [-0.2, 0) is 11.3 Å². The van der Waals surface area contributed by atoms with Gasteiger partial charge in [-0.25, -0.2) is 4.98 Å². The smallest absolute Gasteiger partial charge is 0.242 e. The lowest BCUT2D eigenvalue weighted by atomic mass is 10.4. The van der Waals surface area contributed by atoms with Crippen LogP contribution in [-0.4, -0.2) is 39.2 Å². The summed E-state index contributed by atoms with van der Waals surface area (Å²) in [7, 11) is 0. The van der Waals surface area contributed by atoms with Crippen LogP contribution in [0.3, 0.4) is 0 Å². The third kappa shape index (κ3) is 2.29. The first-order valence-electron chi connectivity index (χ1n) is 5.51. The van der Waals surface area contributed by atoms with E-state index in [1.54, 1.807) is 10.8 Å². The van der Waals surface area contributed by atoms with E-state index < -0.39 is 0 Å². The molecule has 1 aliphatic carbocycles. The molecule has 0 unspecified atom stereocenters. The number of rotatable bonds is 5. The fourth-order valence-corrected chi connectivity index (χ4v) is 1.80. The number of imidazole rings is 1. The molecule has 16 heavy (non-hydrogen) atoms. The lowest BCUT2D eigenvalue weighted by molar-refractivity contribution is -0.132. The summed E-state index contributed by atoms with van der Waals surface area (Å²) in [6.07, 6.45) is 6.01. The van der Waals surface area contributed by atoms with Crippen molar-refractivity contribution in [2.75, 3.05) is 6.54 Å². The van der Waals surface area contributed by atoms with E-state index in [2.05, 4.69) is 4.98 Å². The van der Waals surface area contributed by atoms with E-state index in [0.717, 1.165) is 19.4 Å². The number of likely N-dealkylation sites (N-methyl/N-ethyl adjacent to an activating group) is 1. The second-order valence-corrected chi connectivity index (χ2v) is 4.00. The van der Waals surface area contributed by atoms with Crippen LogP contribution in [0.25, 0.3) is 0 Å². The first kappa shape index (κ1) is 10.9. The predicted octanol–water partition coefficient (Wildman–Crippen LogP) is 0.706. The maximum atomic E-state index is 11.9. The normalized spacial score (nSPS) is 14.8. The van der Waals surface area contributed by atoms with Gasteiger partial charge < -0.3 is 9.47 Å². The zero-order chi connectivity index (χ0) is 11.5. The monoisotopic (exact) mass is 221 g/mol. The molecule has 1 heterocycles. The van der Waals surface area contributed by atoms with Gasteiger partial charge in [-0.2, -0.15) is 0 Å². The molecule has 0 radical (unpaired) electrons. The SMILES string of the molecule is CCN(C(=O)Cn1cnc(C=O)c1)C1CC1. The molecule has 0 atom stereocenters. The van der Waals surface area contributed by atoms with Crippen LogP contribution < -0.4 is 0 Å². The molecule has 0 aliphatic heterocycles. The number of carbonyl (C=O) groups is 2. The summed E-state index contributed by atoms with van der Waals surface area (Å²) >= 11 is 0. The first-order chi connectivity index (χ1) is 7.74. The number of carbonyl (C=O) groups excluding carboxylic acids is 2. The van der Waals surface area contributed by atoms with Crippen molar-refractivity contribution in [3.8, 4) is 0 Å². The highest BCUT2D eigenvalue weighted by Gasteiger charge is 2.31. The van der Waals surface area contributed by atoms with Crippen LogP contribution in [0.15, 0.2) is 12.5 Å². The van der Waals surface area contributed by atoms with Crippen LogP contribution in [0.5, 0.6) is 0 Å². The molecule has 1 aromatic heterocycles. The Balaban J connectivity index is 1.97. The molecule has 0 spiro atoms. The molecule has 2 rings (SSSR count). The highest BCUT2D eigenvalue weighted by atomic mass is 16.2. The van der Waals surface area contributed by atoms with Crippen LogP contribution in [0.1, 0.15) is 30.3 Å². The average molecular weight is 221 g/mol. The molecule has 1 aliphatic rings. The van der Waals surface area contributed by atoms with E-state index >= 15 is 0 Å². The fraction of sp³-hybridized carbons (Fsp3) is 0.545. The highest BCUT2D eigenvalue weighted by molar-refractivity contribution is 5.77. The van der Waals surface area contributed by atoms with Gasteiger partial charge in [0.25, 0.3) is 0 Å². The summed E-state index contributed by atoms with van der Waals surface area (Å²) < 4.78 is 1.65. The third-order valence-electron chi connectivity index (χ3n) is 2.74. The Hall–Kier alpha value is -1.65. The average Bonchev–Trinajstić information content (AvgIpc) is 2.99. The van der Waals surface area contributed by atoms with Crippen molar-refractivity contribution in [2.45, 2.75) is 32.4 Å². The van der Waals surface area contributed by atoms with Gasteiger partial charge in [0.1, 0.15) is 12.2 Å². The van der Waals surface area contributed by atoms with E-state index in [9.17, 15) is 9.59 Å². The molecule has 0 aromatic carbocycles. The number of amides is 1. The molecule has 86 valence electrons. The van der Waals surface area contributed by atoms with Gasteiger partial charge in [0.15, 0.2) is 6.29 Å². The molecular formula is C11H15N3O2. The fourth-order valence-electron chi connectivity index (χ4n) is 1.80. The minimum atomic E-state index is 0.0971. The molecule has 5 heteroatoms. The van der Waals surface area contributed by atoms with Crippen molar-refractivity contribution in [3.05, 3.63) is 18.2 Å². The maximum Gasteiger partial charge on any atom is 0.242 e. The topological polar surface area (TPSA) is 55.2 Å². The molecule has 5 nitrogen and oxygen atoms in total. The predicted molar refractivity (Wildman–Crippen MR) is 58.0 cm³/mol. The quantitative estimate of drug-likeness (QED) is 0.688. The Morgan fingerprint density at radius 2 is 2.44 bits per heavy atom. The Bertz CT molecular complexity index is 396. The Labute approximate surface area is 94.1 Å². The van der Waals surface area contributed by atoms with Gasteiger partial charge >= 0.3 is 0 Å². The number of aromatic nitrogens is 2. The summed E-state index contributed by atoms with van der Waals surface area (Å²) in [5, 5.41) is 0. The Kier molecular flexibility index (Phi) is 3.03. The lowest BCUT2D eigenvalue weighted by Crippen LogP contribution is -2.35. The standard InChI is InChI=1S/C11H15N3O2/c1-2-14(10-3-4-10)11(16)6-13-5-9(7-15)12-8-13/h5,7-8,10H,2-4,6H2,1H3. The maximum absolute atomic E-state index is 11.9. The summed E-state index contributed by atoms with van der Waals surface area (Å²) in [5.74, 6) is 0.0971. The first-order valence-corrected chi connectivity index (χ1v) is 5.51. The van der Waals surface area contributed by atoms with Crippen molar-refractivity contribution in [2.24, 2.45) is 0 Å². The molecule has 1 aromatic rings. The third-order valence-corrected chi connectivity index (χ3v) is 2.74. The zero-order valence-corrected chi connectivity index (χ0v) is 9.30. The molecule has 0 saturated heterocycles. The van der Waals surface area contributed by atoms with Gasteiger partial charge in [0.05, 0.1) is 6.33 Å². The van der Waals surface area contributed by atoms with E-state index in [1.807, 2.05) is 11.8 Å². The Morgan fingerprint density at radius 1 is 1.69 bits per heavy atom. The molecular weight excluding hydrogens is 206 g/mol. The second-order valence-electron chi connectivity index (χ2n) is 4.00. The van der Waals surface area contributed by atoms with E-state index in [-0.39, 0.29) is 12.5 Å². The van der Waals surface area contributed by atoms with Crippen LogP contribution in [0.2, 0.25) is 0 Å². The molecule has 0 bridgehead atoms. The van der Waals surface area contributed by atoms with Crippen LogP contribution in [0, 0.1) is 0 Å². The van der Waals surface area contributed by atoms with Crippen molar-refractivity contribution >= 4 is 12.2 Å². The van der Waals surface area contributed by atoms with E-state index in [4.69, 9.17) is 0 Å². The van der Waals surface area contributed by atoms with Gasteiger partial charge in [0, 0.05) is 18.8 Å². The zero-order valence-electron chi connectivity index (χ0n) is 9.30. The van der Waals surface area contributed by atoms with E-state index in [0.29, 0.717) is 18.0 Å². The van der Waals surface area contributed by atoms with Crippen molar-refractivity contribution in [1.82, 2.24) is 14.5 Å². The van der Waals surface area contributed by atoms with Gasteiger partial charge in [-0.15, -0.1) is 0 Å². The number of aldehydes is 1. The van der Waals surface area contributed by atoms with Crippen molar-refractivity contribution < 1.29 is 9.59 Å². The van der Waals surface area contributed by atoms with E-state index in [1.165, 1.54) is 6.33 Å². The number of hydrogen-bond acceptors (Lipinski definition) is 3. The minimum absolute atomic E-state index is 0.0971. The molecule has 1 fully saturated rings. The molecule has 0 N–H and O–H groups in total. The second kappa shape index (κ2) is 4.47. The molecule has 1 saturated carbocycles. The van der Waals surface area contributed by atoms with Gasteiger partial charge in [0.2, 0.25) is 5.91 Å². The Morgan fingerprint density at radius 3 is 2.94 bits per heavy atom. The summed E-state index contributed by atoms with van der Waals surface area (Å²) in [6, 6.07) is 0.437. The summed E-state index contributed by atoms with van der Waals surface area (Å²) in [5.41, 5.74) is 0.363. The summed E-state index contributed by atoms with van der Waals surface area (Å²) in [6.45, 7) is 3.00. The van der Waals surface area contributed by atoms with Gasteiger partial charge in [-0.3, -0.25) is 9.59 Å². The van der Waals surface area contributed by atoms with Crippen molar-refractivity contribution in [3.63, 3.8) is 0 Å². The van der Waals surface area contributed by atoms with Crippen molar-refractivity contribution in [1.29, 1.82) is 0 Å². The number of hydrogen-bond donors (Lipinski definition) is 0. The van der Waals surface area contributed by atoms with Gasteiger partial charge in [-0.1, -0.05) is 0 Å². The minimum Gasteiger partial charge on any atom is -0.338 e. The highest BCUT2D eigenvalue weighted by Crippen LogP contribution is 2.26. The van der Waals surface area contributed by atoms with Gasteiger partial charge in [-0.05, 0) is 19.8 Å².